The highest BCUT2D eigenvalue weighted by Gasteiger charge is 2.21. The molecule has 2 aromatic rings. The molecule has 3 rings (SSSR count). The van der Waals surface area contributed by atoms with E-state index in [1.54, 1.807) is 23.9 Å². The number of nitrogens with one attached hydrogen (secondary N) is 2. The molecule has 0 fully saturated rings. The SMILES string of the molecule is CCC1CCc2sc(C(=O)NCc3cnc[nH]3)cc2C1. The molecule has 106 valence electrons. The largest absolute Gasteiger partial charge is 0.347 e. The molecule has 2 heterocycles. The zero-order valence-electron chi connectivity index (χ0n) is 11.6. The summed E-state index contributed by atoms with van der Waals surface area (Å²) in [6, 6.07) is 2.09. The summed E-state index contributed by atoms with van der Waals surface area (Å²) >= 11 is 1.66. The van der Waals surface area contributed by atoms with Crippen LogP contribution in [0.5, 0.6) is 0 Å². The van der Waals surface area contributed by atoms with Crippen LogP contribution in [-0.4, -0.2) is 15.9 Å². The van der Waals surface area contributed by atoms with Crippen LogP contribution in [0.15, 0.2) is 18.6 Å². The van der Waals surface area contributed by atoms with Gasteiger partial charge in [-0.25, -0.2) is 4.98 Å². The van der Waals surface area contributed by atoms with Crippen LogP contribution in [0, 0.1) is 5.92 Å². The lowest BCUT2D eigenvalue weighted by Gasteiger charge is -2.19. The third kappa shape index (κ3) is 2.77. The molecule has 1 aliphatic carbocycles. The number of thiophene rings is 1. The first-order chi connectivity index (χ1) is 9.76. The minimum absolute atomic E-state index is 0.0204. The first kappa shape index (κ1) is 13.4. The van der Waals surface area contributed by atoms with Crippen molar-refractivity contribution in [3.8, 4) is 0 Å². The Morgan fingerprint density at radius 1 is 1.60 bits per heavy atom. The summed E-state index contributed by atoms with van der Waals surface area (Å²) in [4.78, 5) is 21.3. The average Bonchev–Trinajstić information content (AvgIpc) is 3.12. The molecular formula is C15H19N3OS. The minimum atomic E-state index is 0.0204. The van der Waals surface area contributed by atoms with E-state index < -0.39 is 0 Å². The van der Waals surface area contributed by atoms with Crippen LogP contribution in [0.3, 0.4) is 0 Å². The van der Waals surface area contributed by atoms with Crippen LogP contribution in [0.25, 0.3) is 0 Å². The third-order valence-electron chi connectivity index (χ3n) is 3.98. The normalized spacial score (nSPS) is 17.8. The van der Waals surface area contributed by atoms with Gasteiger partial charge in [0.1, 0.15) is 0 Å². The van der Waals surface area contributed by atoms with Crippen molar-refractivity contribution < 1.29 is 4.79 Å². The molecule has 0 aliphatic heterocycles. The Morgan fingerprint density at radius 2 is 2.50 bits per heavy atom. The Balaban J connectivity index is 1.65. The summed E-state index contributed by atoms with van der Waals surface area (Å²) < 4.78 is 0. The Labute approximate surface area is 122 Å². The molecule has 0 bridgehead atoms. The monoisotopic (exact) mass is 289 g/mol. The third-order valence-corrected chi connectivity index (χ3v) is 5.22. The molecule has 1 atom stereocenters. The number of aromatic nitrogens is 2. The molecule has 1 unspecified atom stereocenters. The van der Waals surface area contributed by atoms with E-state index in [4.69, 9.17) is 0 Å². The average molecular weight is 289 g/mol. The van der Waals surface area contributed by atoms with Crippen LogP contribution in [-0.2, 0) is 19.4 Å². The Hall–Kier alpha value is -1.62. The molecular weight excluding hydrogens is 270 g/mol. The van der Waals surface area contributed by atoms with Gasteiger partial charge in [-0.1, -0.05) is 13.3 Å². The van der Waals surface area contributed by atoms with E-state index in [0.717, 1.165) is 29.3 Å². The van der Waals surface area contributed by atoms with E-state index in [1.165, 1.54) is 23.3 Å². The quantitative estimate of drug-likeness (QED) is 0.909. The maximum atomic E-state index is 12.2. The molecule has 0 radical (unpaired) electrons. The maximum absolute atomic E-state index is 12.2. The van der Waals surface area contributed by atoms with Crippen molar-refractivity contribution in [1.82, 2.24) is 15.3 Å². The fourth-order valence-corrected chi connectivity index (χ4v) is 3.83. The van der Waals surface area contributed by atoms with Gasteiger partial charge in [-0.3, -0.25) is 4.79 Å². The number of carbonyl (C=O) groups excluding carboxylic acids is 1. The summed E-state index contributed by atoms with van der Waals surface area (Å²) in [6.45, 7) is 2.75. The van der Waals surface area contributed by atoms with E-state index in [0.29, 0.717) is 6.54 Å². The number of amides is 1. The first-order valence-corrected chi connectivity index (χ1v) is 7.95. The van der Waals surface area contributed by atoms with Crippen molar-refractivity contribution in [3.63, 3.8) is 0 Å². The molecule has 4 nitrogen and oxygen atoms in total. The number of hydrogen-bond donors (Lipinski definition) is 2. The number of hydrogen-bond acceptors (Lipinski definition) is 3. The summed E-state index contributed by atoms with van der Waals surface area (Å²) in [7, 11) is 0. The minimum Gasteiger partial charge on any atom is -0.347 e. The molecule has 2 aromatic heterocycles. The van der Waals surface area contributed by atoms with Gasteiger partial charge in [0.25, 0.3) is 5.91 Å². The second-order valence-electron chi connectivity index (χ2n) is 5.34. The lowest BCUT2D eigenvalue weighted by molar-refractivity contribution is 0.0954. The van der Waals surface area contributed by atoms with E-state index in [1.807, 2.05) is 0 Å². The van der Waals surface area contributed by atoms with Gasteiger partial charge in [-0.05, 0) is 36.8 Å². The summed E-state index contributed by atoms with van der Waals surface area (Å²) in [5.41, 5.74) is 2.31. The van der Waals surface area contributed by atoms with E-state index >= 15 is 0 Å². The molecule has 0 saturated heterocycles. The second kappa shape index (κ2) is 5.79. The summed E-state index contributed by atoms with van der Waals surface area (Å²) in [6.07, 6.45) is 8.11. The predicted molar refractivity (Wildman–Crippen MR) is 79.9 cm³/mol. The number of aryl methyl sites for hydroxylation is 1. The van der Waals surface area contributed by atoms with Crippen molar-refractivity contribution in [2.45, 2.75) is 39.2 Å². The van der Waals surface area contributed by atoms with Gasteiger partial charge in [0.2, 0.25) is 0 Å². The van der Waals surface area contributed by atoms with E-state index in [2.05, 4.69) is 28.3 Å². The predicted octanol–water partition coefficient (Wildman–Crippen LogP) is 2.92. The van der Waals surface area contributed by atoms with Gasteiger partial charge in [0.15, 0.2) is 0 Å². The van der Waals surface area contributed by atoms with Crippen molar-refractivity contribution in [2.75, 3.05) is 0 Å². The van der Waals surface area contributed by atoms with Crippen molar-refractivity contribution in [2.24, 2.45) is 5.92 Å². The Morgan fingerprint density at radius 3 is 3.25 bits per heavy atom. The zero-order chi connectivity index (χ0) is 13.9. The van der Waals surface area contributed by atoms with Gasteiger partial charge >= 0.3 is 0 Å². The Kier molecular flexibility index (Phi) is 3.87. The number of nitrogens with zero attached hydrogens (tertiary/aromatic N) is 1. The fourth-order valence-electron chi connectivity index (χ4n) is 2.70. The second-order valence-corrected chi connectivity index (χ2v) is 6.47. The van der Waals surface area contributed by atoms with Gasteiger partial charge in [-0.2, -0.15) is 0 Å². The van der Waals surface area contributed by atoms with Crippen molar-refractivity contribution >= 4 is 17.2 Å². The summed E-state index contributed by atoms with van der Waals surface area (Å²) in [5, 5.41) is 2.94. The number of rotatable bonds is 4. The topological polar surface area (TPSA) is 57.8 Å². The smallest absolute Gasteiger partial charge is 0.261 e. The molecule has 0 spiro atoms. The van der Waals surface area contributed by atoms with Crippen LogP contribution in [0.2, 0.25) is 0 Å². The van der Waals surface area contributed by atoms with Crippen LogP contribution >= 0.6 is 11.3 Å². The Bertz CT molecular complexity index is 588. The van der Waals surface area contributed by atoms with Gasteiger partial charge < -0.3 is 10.3 Å². The van der Waals surface area contributed by atoms with Gasteiger partial charge in [-0.15, -0.1) is 11.3 Å². The molecule has 5 heteroatoms. The number of carbonyl (C=O) groups is 1. The molecule has 0 aromatic carbocycles. The lowest BCUT2D eigenvalue weighted by Crippen LogP contribution is -2.21. The number of H-pyrrole nitrogens is 1. The van der Waals surface area contributed by atoms with Crippen molar-refractivity contribution in [1.29, 1.82) is 0 Å². The number of fused-ring (bicyclic) bond motifs is 1. The van der Waals surface area contributed by atoms with Crippen LogP contribution < -0.4 is 5.32 Å². The van der Waals surface area contributed by atoms with Gasteiger partial charge in [0, 0.05) is 11.1 Å². The molecule has 2 N–H and O–H groups in total. The number of imidazole rings is 1. The maximum Gasteiger partial charge on any atom is 0.261 e. The molecule has 20 heavy (non-hydrogen) atoms. The highest BCUT2D eigenvalue weighted by Crippen LogP contribution is 2.33. The molecule has 1 amide bonds. The van der Waals surface area contributed by atoms with Gasteiger partial charge in [0.05, 0.1) is 23.4 Å². The van der Waals surface area contributed by atoms with Crippen LogP contribution in [0.4, 0.5) is 0 Å². The fraction of sp³-hybridized carbons (Fsp3) is 0.467. The highest BCUT2D eigenvalue weighted by atomic mass is 32.1. The highest BCUT2D eigenvalue weighted by molar-refractivity contribution is 7.14. The summed E-state index contributed by atoms with van der Waals surface area (Å²) in [5.74, 6) is 0.810. The first-order valence-electron chi connectivity index (χ1n) is 7.13. The standard InChI is InChI=1S/C15H19N3OS/c1-2-10-3-4-13-11(5-10)6-14(20-13)15(19)17-8-12-7-16-9-18-12/h6-7,9-10H,2-5,8H2,1H3,(H,16,18)(H,17,19). The van der Waals surface area contributed by atoms with Crippen molar-refractivity contribution in [3.05, 3.63) is 39.6 Å². The zero-order valence-corrected chi connectivity index (χ0v) is 12.4. The van der Waals surface area contributed by atoms with E-state index in [-0.39, 0.29) is 5.91 Å². The number of aromatic amines is 1. The molecule has 0 saturated carbocycles. The lowest BCUT2D eigenvalue weighted by atomic mass is 9.87. The van der Waals surface area contributed by atoms with E-state index in [9.17, 15) is 4.79 Å². The van der Waals surface area contributed by atoms with Crippen LogP contribution in [0.1, 0.15) is 45.6 Å². The molecule has 1 aliphatic rings.